The molecule has 2 amide bonds. The predicted molar refractivity (Wildman–Crippen MR) is 89.0 cm³/mol. The number of benzene rings is 3. The Hall–Kier alpha value is -3.21. The Bertz CT molecular complexity index is 996. The van der Waals surface area contributed by atoms with E-state index in [-0.39, 0.29) is 24.2 Å². The zero-order valence-electron chi connectivity index (χ0n) is 12.6. The lowest BCUT2D eigenvalue weighted by Crippen LogP contribution is -2.39. The Morgan fingerprint density at radius 1 is 0.917 bits per heavy atom. The van der Waals surface area contributed by atoms with Gasteiger partial charge in [0.1, 0.15) is 5.82 Å². The van der Waals surface area contributed by atoms with Crippen molar-refractivity contribution in [3.63, 3.8) is 0 Å². The van der Waals surface area contributed by atoms with Crippen LogP contribution in [0.4, 0.5) is 10.1 Å². The summed E-state index contributed by atoms with van der Waals surface area (Å²) >= 11 is 0. The molecule has 2 N–H and O–H groups in total. The van der Waals surface area contributed by atoms with Gasteiger partial charge in [0.25, 0.3) is 11.8 Å². The van der Waals surface area contributed by atoms with Crippen LogP contribution in [0.3, 0.4) is 0 Å². The largest absolute Gasteiger partial charge is 0.399 e. The van der Waals surface area contributed by atoms with Crippen molar-refractivity contribution in [3.8, 4) is 0 Å². The summed E-state index contributed by atoms with van der Waals surface area (Å²) in [6, 6.07) is 14.4. The number of halogens is 1. The first-order valence-corrected chi connectivity index (χ1v) is 7.47. The van der Waals surface area contributed by atoms with Gasteiger partial charge in [-0.25, -0.2) is 4.39 Å². The highest BCUT2D eigenvalue weighted by Crippen LogP contribution is 2.32. The fourth-order valence-corrected chi connectivity index (χ4v) is 3.10. The van der Waals surface area contributed by atoms with E-state index in [1.54, 1.807) is 36.4 Å². The Labute approximate surface area is 137 Å². The molecule has 0 saturated carbocycles. The average molecular weight is 320 g/mol. The van der Waals surface area contributed by atoms with Gasteiger partial charge in [-0.2, -0.15) is 0 Å². The third-order valence-corrected chi connectivity index (χ3v) is 4.20. The summed E-state index contributed by atoms with van der Waals surface area (Å²) < 4.78 is 13.1. The van der Waals surface area contributed by atoms with Crippen LogP contribution in [0, 0.1) is 5.82 Å². The standard InChI is InChI=1S/C19H13FN2O2/c20-13-6-4-11(5-7-13)10-22-18(23)15-3-1-2-12-8-14(21)9-16(17(12)15)19(22)24/h1-9H,10,21H2. The van der Waals surface area contributed by atoms with Crippen LogP contribution in [0.2, 0.25) is 0 Å². The van der Waals surface area contributed by atoms with E-state index < -0.39 is 0 Å². The van der Waals surface area contributed by atoms with Crippen molar-refractivity contribution < 1.29 is 14.0 Å². The molecular weight excluding hydrogens is 307 g/mol. The second-order valence-electron chi connectivity index (χ2n) is 5.80. The number of rotatable bonds is 2. The molecule has 0 fully saturated rings. The van der Waals surface area contributed by atoms with Gasteiger partial charge < -0.3 is 5.73 Å². The molecule has 5 heteroatoms. The summed E-state index contributed by atoms with van der Waals surface area (Å²) in [6.07, 6.45) is 0. The number of carbonyl (C=O) groups excluding carboxylic acids is 2. The number of amides is 2. The average Bonchev–Trinajstić information content (AvgIpc) is 2.57. The molecule has 0 saturated heterocycles. The second kappa shape index (κ2) is 5.16. The number of hydrogen-bond donors (Lipinski definition) is 1. The molecule has 0 unspecified atom stereocenters. The lowest BCUT2D eigenvalue weighted by molar-refractivity contribution is 0.0598. The van der Waals surface area contributed by atoms with Crippen LogP contribution < -0.4 is 5.73 Å². The van der Waals surface area contributed by atoms with Gasteiger partial charge in [0, 0.05) is 16.6 Å². The van der Waals surface area contributed by atoms with Crippen LogP contribution in [0.1, 0.15) is 26.3 Å². The zero-order chi connectivity index (χ0) is 16.8. The summed E-state index contributed by atoms with van der Waals surface area (Å²) in [5.74, 6) is -1.11. The fourth-order valence-electron chi connectivity index (χ4n) is 3.10. The van der Waals surface area contributed by atoms with Gasteiger partial charge in [0.15, 0.2) is 0 Å². The maximum Gasteiger partial charge on any atom is 0.261 e. The lowest BCUT2D eigenvalue weighted by atomic mass is 9.93. The van der Waals surface area contributed by atoms with Crippen molar-refractivity contribution in [1.82, 2.24) is 4.90 Å². The van der Waals surface area contributed by atoms with E-state index in [0.717, 1.165) is 5.39 Å². The topological polar surface area (TPSA) is 63.4 Å². The second-order valence-corrected chi connectivity index (χ2v) is 5.80. The Morgan fingerprint density at radius 3 is 2.38 bits per heavy atom. The van der Waals surface area contributed by atoms with Gasteiger partial charge in [0.2, 0.25) is 0 Å². The molecule has 1 aliphatic rings. The summed E-state index contributed by atoms with van der Waals surface area (Å²) in [4.78, 5) is 26.8. The Kier molecular flexibility index (Phi) is 3.09. The third kappa shape index (κ3) is 2.13. The van der Waals surface area contributed by atoms with Crippen LogP contribution in [-0.2, 0) is 6.54 Å². The first kappa shape index (κ1) is 14.4. The molecule has 0 aromatic heterocycles. The van der Waals surface area contributed by atoms with Crippen molar-refractivity contribution in [3.05, 3.63) is 77.1 Å². The van der Waals surface area contributed by atoms with Crippen molar-refractivity contribution in [2.75, 3.05) is 5.73 Å². The highest BCUT2D eigenvalue weighted by Gasteiger charge is 2.32. The fraction of sp³-hybridized carbons (Fsp3) is 0.0526. The molecular formula is C19H13FN2O2. The third-order valence-electron chi connectivity index (χ3n) is 4.20. The van der Waals surface area contributed by atoms with E-state index in [1.165, 1.54) is 17.0 Å². The molecule has 3 aromatic rings. The molecule has 0 aliphatic carbocycles. The minimum Gasteiger partial charge on any atom is -0.399 e. The predicted octanol–water partition coefficient (Wildman–Crippen LogP) is 3.36. The summed E-state index contributed by atoms with van der Waals surface area (Å²) in [5.41, 5.74) is 7.93. The smallest absolute Gasteiger partial charge is 0.261 e. The van der Waals surface area contributed by atoms with Gasteiger partial charge >= 0.3 is 0 Å². The minimum absolute atomic E-state index is 0.0859. The normalized spacial score (nSPS) is 13.6. The van der Waals surface area contributed by atoms with Gasteiger partial charge in [-0.3, -0.25) is 14.5 Å². The van der Waals surface area contributed by atoms with Gasteiger partial charge in [-0.15, -0.1) is 0 Å². The number of imide groups is 1. The maximum absolute atomic E-state index is 13.1. The van der Waals surface area contributed by atoms with Gasteiger partial charge in [-0.05, 0) is 41.3 Å². The molecule has 1 aliphatic heterocycles. The molecule has 0 spiro atoms. The van der Waals surface area contributed by atoms with Crippen molar-refractivity contribution >= 4 is 28.3 Å². The molecule has 4 rings (SSSR count). The molecule has 3 aromatic carbocycles. The Balaban J connectivity index is 1.83. The number of nitrogens with zero attached hydrogens (tertiary/aromatic N) is 1. The quantitative estimate of drug-likeness (QED) is 0.582. The molecule has 118 valence electrons. The zero-order valence-corrected chi connectivity index (χ0v) is 12.6. The first-order chi connectivity index (χ1) is 11.5. The molecule has 4 nitrogen and oxygen atoms in total. The minimum atomic E-state index is -0.389. The summed E-state index contributed by atoms with van der Waals surface area (Å²) in [6.45, 7) is 0.0859. The van der Waals surface area contributed by atoms with E-state index >= 15 is 0 Å². The van der Waals surface area contributed by atoms with E-state index in [9.17, 15) is 14.0 Å². The van der Waals surface area contributed by atoms with Crippen LogP contribution in [0.25, 0.3) is 10.8 Å². The summed E-state index contributed by atoms with van der Waals surface area (Å²) in [7, 11) is 0. The van der Waals surface area contributed by atoms with Crippen molar-refractivity contribution in [2.24, 2.45) is 0 Å². The summed E-state index contributed by atoms with van der Waals surface area (Å²) in [5, 5.41) is 1.41. The number of nitrogen functional groups attached to an aromatic ring is 1. The lowest BCUT2D eigenvalue weighted by Gasteiger charge is -2.27. The first-order valence-electron chi connectivity index (χ1n) is 7.47. The van der Waals surface area contributed by atoms with Crippen molar-refractivity contribution in [2.45, 2.75) is 6.54 Å². The van der Waals surface area contributed by atoms with E-state index in [4.69, 9.17) is 5.73 Å². The number of hydrogen-bond acceptors (Lipinski definition) is 3. The number of nitrogens with two attached hydrogens (primary N) is 1. The Morgan fingerprint density at radius 2 is 1.62 bits per heavy atom. The van der Waals surface area contributed by atoms with Gasteiger partial charge in [0.05, 0.1) is 12.1 Å². The molecule has 24 heavy (non-hydrogen) atoms. The van der Waals surface area contributed by atoms with Crippen LogP contribution >= 0.6 is 0 Å². The van der Waals surface area contributed by atoms with Crippen LogP contribution in [0.5, 0.6) is 0 Å². The molecule has 0 bridgehead atoms. The highest BCUT2D eigenvalue weighted by molar-refractivity contribution is 6.25. The molecule has 0 atom stereocenters. The van der Waals surface area contributed by atoms with Crippen LogP contribution in [-0.4, -0.2) is 16.7 Å². The number of carbonyl (C=O) groups is 2. The van der Waals surface area contributed by atoms with E-state index in [0.29, 0.717) is 27.8 Å². The monoisotopic (exact) mass is 320 g/mol. The van der Waals surface area contributed by atoms with Crippen molar-refractivity contribution in [1.29, 1.82) is 0 Å². The highest BCUT2D eigenvalue weighted by atomic mass is 19.1. The maximum atomic E-state index is 13.1. The van der Waals surface area contributed by atoms with E-state index in [2.05, 4.69) is 0 Å². The molecule has 1 heterocycles. The molecule has 0 radical (unpaired) electrons. The SMILES string of the molecule is Nc1cc2c3c(cccc3c1)C(=O)N(Cc1ccc(F)cc1)C2=O. The number of anilines is 1. The van der Waals surface area contributed by atoms with E-state index in [1.807, 2.05) is 6.07 Å². The van der Waals surface area contributed by atoms with Gasteiger partial charge in [-0.1, -0.05) is 24.3 Å². The van der Waals surface area contributed by atoms with Crippen LogP contribution in [0.15, 0.2) is 54.6 Å².